The molecule has 1 fully saturated rings. The Kier molecular flexibility index (Phi) is 3.96. The van der Waals surface area contributed by atoms with Gasteiger partial charge < -0.3 is 15.3 Å². The molecular formula is C11H22N2O. The molecule has 0 aromatic carbocycles. The van der Waals surface area contributed by atoms with Crippen LogP contribution < -0.4 is 5.32 Å². The molecular weight excluding hydrogens is 176 g/mol. The Balaban J connectivity index is 2.53. The lowest BCUT2D eigenvalue weighted by molar-refractivity contribution is 0.208. The van der Waals surface area contributed by atoms with E-state index in [1.807, 2.05) is 6.92 Å². The Morgan fingerprint density at radius 2 is 2.21 bits per heavy atom. The van der Waals surface area contributed by atoms with Gasteiger partial charge in [0.15, 0.2) is 0 Å². The first-order valence-electron chi connectivity index (χ1n) is 5.32. The van der Waals surface area contributed by atoms with Gasteiger partial charge in [0.25, 0.3) is 0 Å². The van der Waals surface area contributed by atoms with Crippen molar-refractivity contribution >= 4 is 0 Å². The smallest absolute Gasteiger partial charge is 0.0491 e. The van der Waals surface area contributed by atoms with Gasteiger partial charge in [0.2, 0.25) is 0 Å². The summed E-state index contributed by atoms with van der Waals surface area (Å²) in [6, 6.07) is 0.871. The number of aliphatic hydroxyl groups excluding tert-OH is 1. The summed E-state index contributed by atoms with van der Waals surface area (Å²) in [6.07, 6.45) is 0. The minimum absolute atomic E-state index is 0.258. The number of aliphatic hydroxyl groups is 1. The van der Waals surface area contributed by atoms with E-state index < -0.39 is 0 Å². The van der Waals surface area contributed by atoms with Crippen LogP contribution in [0.2, 0.25) is 0 Å². The topological polar surface area (TPSA) is 35.5 Å². The number of rotatable bonds is 4. The minimum atomic E-state index is 0.258. The molecule has 0 aromatic rings. The third-order valence-electron chi connectivity index (χ3n) is 2.76. The zero-order valence-electron chi connectivity index (χ0n) is 9.45. The third-order valence-corrected chi connectivity index (χ3v) is 2.76. The highest BCUT2D eigenvalue weighted by Crippen LogP contribution is 2.20. The highest BCUT2D eigenvalue weighted by atomic mass is 16.3. The lowest BCUT2D eigenvalue weighted by Gasteiger charge is -2.20. The molecule has 0 spiro atoms. The zero-order chi connectivity index (χ0) is 10.7. The van der Waals surface area contributed by atoms with Crippen LogP contribution in [0.4, 0.5) is 0 Å². The second-order valence-electron chi connectivity index (χ2n) is 4.51. The van der Waals surface area contributed by atoms with Gasteiger partial charge >= 0.3 is 0 Å². The van der Waals surface area contributed by atoms with E-state index in [0.717, 1.165) is 18.8 Å². The van der Waals surface area contributed by atoms with Crippen molar-refractivity contribution in [1.29, 1.82) is 0 Å². The molecule has 0 aromatic heterocycles. The summed E-state index contributed by atoms with van der Waals surface area (Å²) in [5, 5.41) is 12.7. The van der Waals surface area contributed by atoms with Crippen molar-refractivity contribution in [3.63, 3.8) is 0 Å². The van der Waals surface area contributed by atoms with Crippen LogP contribution >= 0.6 is 0 Å². The number of allylic oxidation sites excluding steroid dienone is 1. The van der Waals surface area contributed by atoms with Crippen LogP contribution in [-0.4, -0.2) is 41.8 Å². The number of hydrogen-bond acceptors (Lipinski definition) is 3. The summed E-state index contributed by atoms with van der Waals surface area (Å²) in [5.41, 5.74) is 1.09. The standard InChI is InChI=1S/C11H22N2O/c1-8(2)12-11-6-13(9(3)4)5-10(11)7-14/h8,10-12,14H,3,5-7H2,1-2,4H3/t10-,11-/m1/s1. The van der Waals surface area contributed by atoms with Gasteiger partial charge in [-0.25, -0.2) is 0 Å². The van der Waals surface area contributed by atoms with Crippen LogP contribution in [0.5, 0.6) is 0 Å². The molecule has 0 bridgehead atoms. The quantitative estimate of drug-likeness (QED) is 0.702. The summed E-state index contributed by atoms with van der Waals surface area (Å²) < 4.78 is 0. The van der Waals surface area contributed by atoms with E-state index in [-0.39, 0.29) is 6.61 Å². The Morgan fingerprint density at radius 3 is 2.64 bits per heavy atom. The number of likely N-dealkylation sites (tertiary alicyclic amines) is 1. The highest BCUT2D eigenvalue weighted by Gasteiger charge is 2.31. The molecule has 0 saturated carbocycles. The number of hydrogen-bond donors (Lipinski definition) is 2. The molecule has 0 amide bonds. The van der Waals surface area contributed by atoms with Gasteiger partial charge in [-0.3, -0.25) is 0 Å². The Bertz CT molecular complexity index is 203. The average Bonchev–Trinajstić information content (AvgIpc) is 2.46. The molecule has 0 radical (unpaired) electrons. The second kappa shape index (κ2) is 4.80. The second-order valence-corrected chi connectivity index (χ2v) is 4.51. The van der Waals surface area contributed by atoms with Crippen molar-refractivity contribution in [1.82, 2.24) is 10.2 Å². The molecule has 82 valence electrons. The van der Waals surface area contributed by atoms with E-state index in [0.29, 0.717) is 18.0 Å². The van der Waals surface area contributed by atoms with Crippen molar-refractivity contribution in [3.05, 3.63) is 12.3 Å². The lowest BCUT2D eigenvalue weighted by Crippen LogP contribution is -2.41. The van der Waals surface area contributed by atoms with Gasteiger partial charge in [-0.1, -0.05) is 20.4 Å². The van der Waals surface area contributed by atoms with Crippen LogP contribution in [0.25, 0.3) is 0 Å². The first-order chi connectivity index (χ1) is 6.54. The highest BCUT2D eigenvalue weighted by molar-refractivity contribution is 4.99. The van der Waals surface area contributed by atoms with Gasteiger partial charge in [-0.2, -0.15) is 0 Å². The minimum Gasteiger partial charge on any atom is -0.396 e. The first-order valence-corrected chi connectivity index (χ1v) is 5.32. The van der Waals surface area contributed by atoms with Crippen LogP contribution in [0.15, 0.2) is 12.3 Å². The van der Waals surface area contributed by atoms with Crippen molar-refractivity contribution in [3.8, 4) is 0 Å². The van der Waals surface area contributed by atoms with Gasteiger partial charge in [0.1, 0.15) is 0 Å². The molecule has 1 aliphatic rings. The Morgan fingerprint density at radius 1 is 1.57 bits per heavy atom. The summed E-state index contributed by atoms with van der Waals surface area (Å²) in [5.74, 6) is 0.342. The fourth-order valence-corrected chi connectivity index (χ4v) is 1.98. The fraction of sp³-hybridized carbons (Fsp3) is 0.818. The van der Waals surface area contributed by atoms with E-state index in [9.17, 15) is 5.11 Å². The third kappa shape index (κ3) is 2.72. The molecule has 2 atom stereocenters. The van der Waals surface area contributed by atoms with Crippen LogP contribution in [0.1, 0.15) is 20.8 Å². The molecule has 0 unspecified atom stereocenters. The Labute approximate surface area is 86.8 Å². The van der Waals surface area contributed by atoms with E-state index in [1.54, 1.807) is 0 Å². The van der Waals surface area contributed by atoms with Crippen LogP contribution in [-0.2, 0) is 0 Å². The van der Waals surface area contributed by atoms with Crippen LogP contribution in [0, 0.1) is 5.92 Å². The maximum absolute atomic E-state index is 9.25. The normalized spacial score (nSPS) is 27.4. The molecule has 2 N–H and O–H groups in total. The van der Waals surface area contributed by atoms with E-state index >= 15 is 0 Å². The molecule has 1 heterocycles. The molecule has 1 aliphatic heterocycles. The van der Waals surface area contributed by atoms with E-state index in [1.165, 1.54) is 0 Å². The summed E-state index contributed by atoms with van der Waals surface area (Å²) in [4.78, 5) is 2.24. The van der Waals surface area contributed by atoms with E-state index in [4.69, 9.17) is 0 Å². The Hall–Kier alpha value is -0.540. The molecule has 14 heavy (non-hydrogen) atoms. The van der Waals surface area contributed by atoms with Gasteiger partial charge in [0.05, 0.1) is 0 Å². The SMILES string of the molecule is C=C(C)N1C[C@H](CO)[C@H](NC(C)C)C1. The predicted octanol–water partition coefficient (Wildman–Crippen LogP) is 0.811. The monoisotopic (exact) mass is 198 g/mol. The maximum Gasteiger partial charge on any atom is 0.0491 e. The van der Waals surface area contributed by atoms with Crippen molar-refractivity contribution in [2.24, 2.45) is 5.92 Å². The largest absolute Gasteiger partial charge is 0.396 e. The van der Waals surface area contributed by atoms with E-state index in [2.05, 4.69) is 30.6 Å². The molecule has 1 rings (SSSR count). The lowest BCUT2D eigenvalue weighted by atomic mass is 10.0. The fourth-order valence-electron chi connectivity index (χ4n) is 1.98. The van der Waals surface area contributed by atoms with Crippen LogP contribution in [0.3, 0.4) is 0 Å². The van der Waals surface area contributed by atoms with Gasteiger partial charge in [-0.15, -0.1) is 0 Å². The summed E-state index contributed by atoms with van der Waals surface area (Å²) >= 11 is 0. The summed E-state index contributed by atoms with van der Waals surface area (Å²) in [6.45, 7) is 12.4. The average molecular weight is 198 g/mol. The predicted molar refractivity (Wildman–Crippen MR) is 59.0 cm³/mol. The zero-order valence-corrected chi connectivity index (χ0v) is 9.45. The van der Waals surface area contributed by atoms with Crippen molar-refractivity contribution in [2.75, 3.05) is 19.7 Å². The number of nitrogens with one attached hydrogen (secondary N) is 1. The van der Waals surface area contributed by atoms with Crippen molar-refractivity contribution in [2.45, 2.75) is 32.9 Å². The maximum atomic E-state index is 9.25. The first kappa shape index (κ1) is 11.5. The molecule has 3 nitrogen and oxygen atoms in total. The molecule has 3 heteroatoms. The summed E-state index contributed by atoms with van der Waals surface area (Å²) in [7, 11) is 0. The number of nitrogens with zero attached hydrogens (tertiary/aromatic N) is 1. The molecule has 0 aliphatic carbocycles. The van der Waals surface area contributed by atoms with Gasteiger partial charge in [-0.05, 0) is 6.92 Å². The molecule has 1 saturated heterocycles. The van der Waals surface area contributed by atoms with Crippen molar-refractivity contribution < 1.29 is 5.11 Å². The van der Waals surface area contributed by atoms with Gasteiger partial charge in [0, 0.05) is 43.4 Å².